The van der Waals surface area contributed by atoms with Gasteiger partial charge in [0.1, 0.15) is 5.67 Å². The van der Waals surface area contributed by atoms with Crippen LogP contribution in [0.3, 0.4) is 0 Å². The van der Waals surface area contributed by atoms with Crippen molar-refractivity contribution in [3.05, 3.63) is 0 Å². The van der Waals surface area contributed by atoms with Gasteiger partial charge in [0.15, 0.2) is 0 Å². The van der Waals surface area contributed by atoms with E-state index < -0.39 is 5.67 Å². The third-order valence-electron chi connectivity index (χ3n) is 2.16. The first-order valence-corrected chi connectivity index (χ1v) is 4.30. The van der Waals surface area contributed by atoms with Crippen LogP contribution in [0.2, 0.25) is 0 Å². The minimum atomic E-state index is -1.04. The second kappa shape index (κ2) is 2.74. The van der Waals surface area contributed by atoms with E-state index in [2.05, 4.69) is 0 Å². The highest BCUT2D eigenvalue weighted by atomic mass is 19.1. The molecular formula is C9H17FO. The molecule has 1 heterocycles. The molecule has 2 heteroatoms. The summed E-state index contributed by atoms with van der Waals surface area (Å²) in [7, 11) is 0. The molecule has 1 atom stereocenters. The van der Waals surface area contributed by atoms with Crippen LogP contribution in [-0.2, 0) is 4.74 Å². The Kier molecular flexibility index (Phi) is 2.24. The number of rotatable bonds is 2. The van der Waals surface area contributed by atoms with Crippen molar-refractivity contribution in [2.75, 3.05) is 6.61 Å². The lowest BCUT2D eigenvalue weighted by Gasteiger charge is -2.18. The molecule has 11 heavy (non-hydrogen) atoms. The molecule has 0 amide bonds. The molecule has 1 nitrogen and oxygen atoms in total. The predicted molar refractivity (Wildman–Crippen MR) is 43.4 cm³/mol. The fourth-order valence-electron chi connectivity index (χ4n) is 1.80. The average molecular weight is 160 g/mol. The zero-order valence-electron chi connectivity index (χ0n) is 7.61. The summed E-state index contributed by atoms with van der Waals surface area (Å²) in [6.45, 7) is 6.19. The fraction of sp³-hybridized carbons (Fsp3) is 1.00. The minimum Gasteiger partial charge on any atom is -0.372 e. The molecule has 1 fully saturated rings. The maximum Gasteiger partial charge on any atom is 0.137 e. The summed E-state index contributed by atoms with van der Waals surface area (Å²) in [5, 5.41) is 0. The van der Waals surface area contributed by atoms with Gasteiger partial charge in [-0.15, -0.1) is 0 Å². The largest absolute Gasteiger partial charge is 0.372 e. The average Bonchev–Trinajstić information content (AvgIpc) is 2.07. The van der Waals surface area contributed by atoms with Gasteiger partial charge in [-0.2, -0.15) is 0 Å². The highest BCUT2D eigenvalue weighted by molar-refractivity contribution is 4.92. The monoisotopic (exact) mass is 160 g/mol. The quantitative estimate of drug-likeness (QED) is 0.603. The summed E-state index contributed by atoms with van der Waals surface area (Å²) in [6.07, 6.45) is 2.08. The van der Waals surface area contributed by atoms with E-state index in [1.807, 2.05) is 20.8 Å². The van der Waals surface area contributed by atoms with Gasteiger partial charge < -0.3 is 4.74 Å². The lowest BCUT2D eigenvalue weighted by atomic mass is 9.92. The molecular weight excluding hydrogens is 143 g/mol. The number of hydrogen-bond acceptors (Lipinski definition) is 1. The molecule has 1 aliphatic heterocycles. The van der Waals surface area contributed by atoms with E-state index in [0.717, 1.165) is 6.42 Å². The fourth-order valence-corrected chi connectivity index (χ4v) is 1.80. The summed E-state index contributed by atoms with van der Waals surface area (Å²) in [6, 6.07) is 0. The molecule has 1 saturated heterocycles. The summed E-state index contributed by atoms with van der Waals surface area (Å²) in [4.78, 5) is 0. The van der Waals surface area contributed by atoms with Crippen LogP contribution in [0.5, 0.6) is 0 Å². The Balaban J connectivity index is 2.51. The van der Waals surface area contributed by atoms with Crippen LogP contribution < -0.4 is 0 Å². The molecule has 0 bridgehead atoms. The van der Waals surface area contributed by atoms with Gasteiger partial charge in [-0.25, -0.2) is 4.39 Å². The van der Waals surface area contributed by atoms with Crippen molar-refractivity contribution in [2.24, 2.45) is 0 Å². The van der Waals surface area contributed by atoms with Gasteiger partial charge in [-0.05, 0) is 20.3 Å². The van der Waals surface area contributed by atoms with Crippen molar-refractivity contribution in [2.45, 2.75) is 51.3 Å². The van der Waals surface area contributed by atoms with E-state index >= 15 is 0 Å². The molecule has 0 aliphatic carbocycles. The van der Waals surface area contributed by atoms with Gasteiger partial charge >= 0.3 is 0 Å². The SMILES string of the molecule is CCCC1(F)COC(C)(C)C1. The van der Waals surface area contributed by atoms with Crippen molar-refractivity contribution in [1.29, 1.82) is 0 Å². The standard InChI is InChI=1S/C9H17FO/c1-4-5-9(10)6-8(2,3)11-7-9/h4-7H2,1-3H3. The Morgan fingerprint density at radius 3 is 2.45 bits per heavy atom. The molecule has 1 rings (SSSR count). The molecule has 1 aliphatic rings. The number of halogens is 1. The van der Waals surface area contributed by atoms with Crippen molar-refractivity contribution >= 4 is 0 Å². The number of ether oxygens (including phenoxy) is 1. The first-order valence-electron chi connectivity index (χ1n) is 4.30. The van der Waals surface area contributed by atoms with E-state index in [1.165, 1.54) is 0 Å². The Labute approximate surface area is 67.9 Å². The van der Waals surface area contributed by atoms with E-state index in [1.54, 1.807) is 0 Å². The highest BCUT2D eigenvalue weighted by Crippen LogP contribution is 2.38. The molecule has 0 spiro atoms. The van der Waals surface area contributed by atoms with Gasteiger partial charge in [0, 0.05) is 6.42 Å². The predicted octanol–water partition coefficient (Wildman–Crippen LogP) is 2.69. The third kappa shape index (κ3) is 2.16. The normalized spacial score (nSPS) is 36.0. The van der Waals surface area contributed by atoms with E-state index in [0.29, 0.717) is 12.8 Å². The maximum atomic E-state index is 13.7. The van der Waals surface area contributed by atoms with Gasteiger partial charge in [0.2, 0.25) is 0 Å². The van der Waals surface area contributed by atoms with Gasteiger partial charge in [-0.3, -0.25) is 0 Å². The van der Waals surface area contributed by atoms with Gasteiger partial charge in [0.25, 0.3) is 0 Å². The summed E-state index contributed by atoms with van der Waals surface area (Å²) in [5.74, 6) is 0. The Hall–Kier alpha value is -0.110. The van der Waals surface area contributed by atoms with Crippen molar-refractivity contribution in [3.8, 4) is 0 Å². The lowest BCUT2D eigenvalue weighted by Crippen LogP contribution is -2.24. The Morgan fingerprint density at radius 2 is 2.09 bits per heavy atom. The molecule has 0 saturated carbocycles. The zero-order chi connectivity index (χ0) is 8.54. The lowest BCUT2D eigenvalue weighted by molar-refractivity contribution is 0.0267. The van der Waals surface area contributed by atoms with Crippen LogP contribution in [0.1, 0.15) is 40.0 Å². The molecule has 1 unspecified atom stereocenters. The Bertz CT molecular complexity index is 144. The minimum absolute atomic E-state index is 0.246. The van der Waals surface area contributed by atoms with Crippen LogP contribution in [-0.4, -0.2) is 17.9 Å². The van der Waals surface area contributed by atoms with Crippen LogP contribution >= 0.6 is 0 Å². The topological polar surface area (TPSA) is 9.23 Å². The smallest absolute Gasteiger partial charge is 0.137 e. The van der Waals surface area contributed by atoms with Crippen molar-refractivity contribution in [3.63, 3.8) is 0 Å². The van der Waals surface area contributed by atoms with E-state index in [9.17, 15) is 4.39 Å². The van der Waals surface area contributed by atoms with Gasteiger partial charge in [0.05, 0.1) is 12.2 Å². The summed E-state index contributed by atoms with van der Waals surface area (Å²) in [5.41, 5.74) is -1.29. The molecule has 0 aromatic rings. The third-order valence-corrected chi connectivity index (χ3v) is 2.16. The molecule has 0 N–H and O–H groups in total. The molecule has 66 valence electrons. The van der Waals surface area contributed by atoms with Crippen LogP contribution in [0.4, 0.5) is 4.39 Å². The maximum absolute atomic E-state index is 13.7. The van der Waals surface area contributed by atoms with Crippen molar-refractivity contribution in [1.82, 2.24) is 0 Å². The summed E-state index contributed by atoms with van der Waals surface area (Å²) < 4.78 is 19.0. The highest BCUT2D eigenvalue weighted by Gasteiger charge is 2.43. The van der Waals surface area contributed by atoms with E-state index in [-0.39, 0.29) is 12.2 Å². The second-order valence-electron chi connectivity index (χ2n) is 4.13. The first-order chi connectivity index (χ1) is 4.97. The zero-order valence-corrected chi connectivity index (χ0v) is 7.61. The molecule has 0 aromatic carbocycles. The number of alkyl halides is 1. The molecule has 0 aromatic heterocycles. The second-order valence-corrected chi connectivity index (χ2v) is 4.13. The molecule has 0 radical (unpaired) electrons. The Morgan fingerprint density at radius 1 is 1.45 bits per heavy atom. The summed E-state index contributed by atoms with van der Waals surface area (Å²) >= 11 is 0. The first kappa shape index (κ1) is 8.98. The van der Waals surface area contributed by atoms with Gasteiger partial charge in [-0.1, -0.05) is 13.3 Å². The van der Waals surface area contributed by atoms with Crippen LogP contribution in [0.25, 0.3) is 0 Å². The van der Waals surface area contributed by atoms with Crippen LogP contribution in [0, 0.1) is 0 Å². The van der Waals surface area contributed by atoms with E-state index in [4.69, 9.17) is 4.74 Å². The van der Waals surface area contributed by atoms with Crippen LogP contribution in [0.15, 0.2) is 0 Å². The van der Waals surface area contributed by atoms with Crippen molar-refractivity contribution < 1.29 is 9.13 Å². The number of hydrogen-bond donors (Lipinski definition) is 0.